The number of hydrogen-bond acceptors (Lipinski definition) is 2. The van der Waals surface area contributed by atoms with Gasteiger partial charge in [0.1, 0.15) is 6.04 Å². The molecule has 3 heteroatoms. The molecular formula is C7H15NO2. The molecule has 60 valence electrons. The van der Waals surface area contributed by atoms with Crippen LogP contribution < -0.4 is 5.73 Å². The average molecular weight is 145 g/mol. The molecule has 0 aliphatic carbocycles. The molecule has 2 atom stereocenters. The highest BCUT2D eigenvalue weighted by molar-refractivity contribution is 5.73. The molecule has 0 saturated carbocycles. The van der Waals surface area contributed by atoms with Gasteiger partial charge >= 0.3 is 5.97 Å². The molecular weight excluding hydrogens is 130 g/mol. The first-order valence-electron chi connectivity index (χ1n) is 3.45. The molecule has 0 spiro atoms. The Labute approximate surface area is 61.2 Å². The minimum Gasteiger partial charge on any atom is -0.480 e. The van der Waals surface area contributed by atoms with E-state index in [1.54, 1.807) is 0 Å². The Morgan fingerprint density at radius 2 is 1.80 bits per heavy atom. The highest BCUT2D eigenvalue weighted by Gasteiger charge is 2.21. The topological polar surface area (TPSA) is 63.3 Å². The first kappa shape index (κ1) is 9.43. The molecule has 0 aromatic carbocycles. The van der Waals surface area contributed by atoms with E-state index in [2.05, 4.69) is 0 Å². The van der Waals surface area contributed by atoms with E-state index in [9.17, 15) is 4.79 Å². The van der Waals surface area contributed by atoms with Crippen molar-refractivity contribution in [1.29, 1.82) is 0 Å². The summed E-state index contributed by atoms with van der Waals surface area (Å²) in [5.41, 5.74) is 5.36. The number of carbonyl (C=O) groups is 1. The molecule has 0 saturated heterocycles. The van der Waals surface area contributed by atoms with Crippen molar-refractivity contribution < 1.29 is 9.90 Å². The van der Waals surface area contributed by atoms with E-state index < -0.39 is 12.0 Å². The van der Waals surface area contributed by atoms with Crippen molar-refractivity contribution in [1.82, 2.24) is 0 Å². The summed E-state index contributed by atoms with van der Waals surface area (Å²) < 4.78 is 0. The molecule has 0 rings (SSSR count). The summed E-state index contributed by atoms with van der Waals surface area (Å²) in [5, 5.41) is 8.48. The van der Waals surface area contributed by atoms with Gasteiger partial charge in [0.2, 0.25) is 0 Å². The smallest absolute Gasteiger partial charge is 0.320 e. The number of aliphatic carboxylic acids is 1. The van der Waals surface area contributed by atoms with Crippen molar-refractivity contribution in [3.05, 3.63) is 0 Å². The quantitative estimate of drug-likeness (QED) is 0.614. The van der Waals surface area contributed by atoms with E-state index in [0.29, 0.717) is 5.92 Å². The lowest BCUT2D eigenvalue weighted by Gasteiger charge is -2.18. The van der Waals surface area contributed by atoms with E-state index in [1.165, 1.54) is 0 Å². The van der Waals surface area contributed by atoms with Gasteiger partial charge in [-0.25, -0.2) is 0 Å². The Morgan fingerprint density at radius 3 is 1.90 bits per heavy atom. The second kappa shape index (κ2) is 3.56. The summed E-state index contributed by atoms with van der Waals surface area (Å²) in [6.07, 6.45) is 0. The summed E-state index contributed by atoms with van der Waals surface area (Å²) in [5.74, 6) is -0.551. The lowest BCUT2D eigenvalue weighted by molar-refractivity contribution is -0.140. The van der Waals surface area contributed by atoms with Gasteiger partial charge in [-0.3, -0.25) is 4.79 Å². The van der Waals surface area contributed by atoms with Gasteiger partial charge in [0.05, 0.1) is 0 Å². The van der Waals surface area contributed by atoms with E-state index in [-0.39, 0.29) is 5.92 Å². The van der Waals surface area contributed by atoms with E-state index >= 15 is 0 Å². The largest absolute Gasteiger partial charge is 0.480 e. The Hall–Kier alpha value is -0.570. The SMILES string of the molecule is CC(C)[C@@H](C)C(N)C(=O)O. The number of carboxylic acids is 1. The fourth-order valence-electron chi connectivity index (χ4n) is 0.640. The molecule has 1 unspecified atom stereocenters. The van der Waals surface area contributed by atoms with Crippen LogP contribution in [0.15, 0.2) is 0 Å². The van der Waals surface area contributed by atoms with E-state index in [4.69, 9.17) is 10.8 Å². The first-order valence-corrected chi connectivity index (χ1v) is 3.45. The van der Waals surface area contributed by atoms with Gasteiger partial charge in [0.25, 0.3) is 0 Å². The zero-order chi connectivity index (χ0) is 8.31. The third kappa shape index (κ3) is 2.35. The molecule has 3 N–H and O–H groups in total. The third-order valence-electron chi connectivity index (χ3n) is 1.90. The fraction of sp³-hybridized carbons (Fsp3) is 0.857. The van der Waals surface area contributed by atoms with Crippen LogP contribution in [0.25, 0.3) is 0 Å². The van der Waals surface area contributed by atoms with Crippen molar-refractivity contribution >= 4 is 5.97 Å². The van der Waals surface area contributed by atoms with Gasteiger partial charge in [-0.05, 0) is 11.8 Å². The van der Waals surface area contributed by atoms with Gasteiger partial charge in [-0.15, -0.1) is 0 Å². The van der Waals surface area contributed by atoms with Crippen molar-refractivity contribution in [3.8, 4) is 0 Å². The van der Waals surface area contributed by atoms with Crippen LogP contribution in [0, 0.1) is 11.8 Å². The lowest BCUT2D eigenvalue weighted by atomic mass is 9.91. The van der Waals surface area contributed by atoms with E-state index in [0.717, 1.165) is 0 Å². The van der Waals surface area contributed by atoms with Crippen LogP contribution in [0.2, 0.25) is 0 Å². The van der Waals surface area contributed by atoms with Gasteiger partial charge in [0.15, 0.2) is 0 Å². The summed E-state index contributed by atoms with van der Waals surface area (Å²) in [7, 11) is 0. The standard InChI is InChI=1S/C7H15NO2/c1-4(2)5(3)6(8)7(9)10/h4-6H,8H2,1-3H3,(H,9,10)/t5-,6?/m1/s1. The monoisotopic (exact) mass is 145 g/mol. The Bertz CT molecular complexity index is 123. The van der Waals surface area contributed by atoms with Crippen molar-refractivity contribution in [3.63, 3.8) is 0 Å². The first-order chi connectivity index (χ1) is 4.46. The molecule has 10 heavy (non-hydrogen) atoms. The number of carboxylic acid groups (broad SMARTS) is 1. The van der Waals surface area contributed by atoms with Gasteiger partial charge in [0, 0.05) is 0 Å². The molecule has 0 amide bonds. The maximum absolute atomic E-state index is 10.3. The summed E-state index contributed by atoms with van der Waals surface area (Å²) in [6, 6.07) is -0.722. The molecule has 0 heterocycles. The zero-order valence-corrected chi connectivity index (χ0v) is 6.66. The molecule has 0 aromatic heterocycles. The maximum Gasteiger partial charge on any atom is 0.320 e. The number of rotatable bonds is 3. The van der Waals surface area contributed by atoms with Crippen molar-refractivity contribution in [2.75, 3.05) is 0 Å². The van der Waals surface area contributed by atoms with Crippen LogP contribution in [-0.4, -0.2) is 17.1 Å². The third-order valence-corrected chi connectivity index (χ3v) is 1.90. The highest BCUT2D eigenvalue weighted by atomic mass is 16.4. The van der Waals surface area contributed by atoms with Gasteiger partial charge in [-0.2, -0.15) is 0 Å². The molecule has 0 radical (unpaired) electrons. The van der Waals surface area contributed by atoms with Crippen LogP contribution in [0.4, 0.5) is 0 Å². The molecule has 0 aliphatic rings. The fourth-order valence-corrected chi connectivity index (χ4v) is 0.640. The minimum atomic E-state index is -0.916. The molecule has 0 aliphatic heterocycles. The van der Waals surface area contributed by atoms with Crippen LogP contribution in [0.5, 0.6) is 0 Å². The minimum absolute atomic E-state index is 0.0394. The van der Waals surface area contributed by atoms with Crippen LogP contribution >= 0.6 is 0 Å². The second-order valence-corrected chi connectivity index (χ2v) is 2.97. The molecule has 3 nitrogen and oxygen atoms in total. The Morgan fingerprint density at radius 1 is 1.40 bits per heavy atom. The highest BCUT2D eigenvalue weighted by Crippen LogP contribution is 2.12. The predicted octanol–water partition coefficient (Wildman–Crippen LogP) is 0.690. The predicted molar refractivity (Wildman–Crippen MR) is 39.6 cm³/mol. The zero-order valence-electron chi connectivity index (χ0n) is 6.66. The molecule has 0 aromatic rings. The maximum atomic E-state index is 10.3. The average Bonchev–Trinajstić information content (AvgIpc) is 1.84. The summed E-state index contributed by atoms with van der Waals surface area (Å²) >= 11 is 0. The number of nitrogens with two attached hydrogens (primary N) is 1. The Kier molecular flexibility index (Phi) is 3.36. The molecule has 0 bridgehead atoms. The summed E-state index contributed by atoms with van der Waals surface area (Å²) in [6.45, 7) is 5.78. The lowest BCUT2D eigenvalue weighted by Crippen LogP contribution is -2.38. The van der Waals surface area contributed by atoms with Crippen LogP contribution in [0.1, 0.15) is 20.8 Å². The van der Waals surface area contributed by atoms with Crippen molar-refractivity contribution in [2.24, 2.45) is 17.6 Å². The van der Waals surface area contributed by atoms with Crippen LogP contribution in [0.3, 0.4) is 0 Å². The van der Waals surface area contributed by atoms with Crippen molar-refractivity contribution in [2.45, 2.75) is 26.8 Å². The van der Waals surface area contributed by atoms with E-state index in [1.807, 2.05) is 20.8 Å². The summed E-state index contributed by atoms with van der Waals surface area (Å²) in [4.78, 5) is 10.3. The van der Waals surface area contributed by atoms with Crippen LogP contribution in [-0.2, 0) is 4.79 Å². The second-order valence-electron chi connectivity index (χ2n) is 2.97. The Balaban J connectivity index is 3.94. The molecule has 0 fully saturated rings. The van der Waals surface area contributed by atoms with Gasteiger partial charge in [-0.1, -0.05) is 20.8 Å². The normalized spacial score (nSPS) is 16.9. The van der Waals surface area contributed by atoms with Gasteiger partial charge < -0.3 is 10.8 Å². The number of hydrogen-bond donors (Lipinski definition) is 2.